The van der Waals surface area contributed by atoms with Crippen molar-refractivity contribution in [1.29, 1.82) is 0 Å². The maximum absolute atomic E-state index is 5.82. The van der Waals surface area contributed by atoms with Gasteiger partial charge in [-0.3, -0.25) is 0 Å². The number of nitrogens with zero attached hydrogens (tertiary/aromatic N) is 7. The maximum atomic E-state index is 5.82. The Morgan fingerprint density at radius 2 is 1.89 bits per heavy atom. The first-order chi connectivity index (χ1) is 9.26. The molecule has 0 bridgehead atoms. The van der Waals surface area contributed by atoms with Crippen LogP contribution in [0.3, 0.4) is 0 Å². The van der Waals surface area contributed by atoms with Crippen LogP contribution >= 0.6 is 0 Å². The highest BCUT2D eigenvalue weighted by Crippen LogP contribution is 2.11. The number of anilines is 1. The molecular weight excluding hydrogens is 244 g/mol. The molecule has 0 aliphatic heterocycles. The van der Waals surface area contributed by atoms with Crippen LogP contribution < -0.4 is 5.73 Å². The lowest BCUT2D eigenvalue weighted by Gasteiger charge is -2.06. The zero-order chi connectivity index (χ0) is 13.7. The van der Waals surface area contributed by atoms with Gasteiger partial charge in [0.2, 0.25) is 0 Å². The van der Waals surface area contributed by atoms with E-state index in [2.05, 4.69) is 39.7 Å². The summed E-state index contributed by atoms with van der Waals surface area (Å²) in [5.74, 6) is 1.28. The highest BCUT2D eigenvalue weighted by Gasteiger charge is 2.13. The summed E-state index contributed by atoms with van der Waals surface area (Å²) in [5, 5.41) is 19.8. The number of nitrogen functional groups attached to an aromatic ring is 1. The van der Waals surface area contributed by atoms with Gasteiger partial charge < -0.3 is 5.73 Å². The summed E-state index contributed by atoms with van der Waals surface area (Å²) < 4.78 is 3.60. The molecule has 0 saturated heterocycles. The predicted octanol–water partition coefficient (Wildman–Crippen LogP) is 0.648. The van der Waals surface area contributed by atoms with Gasteiger partial charge in [0, 0.05) is 6.54 Å². The van der Waals surface area contributed by atoms with Crippen molar-refractivity contribution in [2.24, 2.45) is 0 Å². The lowest BCUT2D eigenvalue weighted by molar-refractivity contribution is 0.505. The molecule has 0 atom stereocenters. The van der Waals surface area contributed by atoms with E-state index in [4.69, 9.17) is 5.73 Å². The van der Waals surface area contributed by atoms with E-state index in [1.165, 1.54) is 0 Å². The predicted molar refractivity (Wildman–Crippen MR) is 70.3 cm³/mol. The van der Waals surface area contributed by atoms with Gasteiger partial charge >= 0.3 is 0 Å². The summed E-state index contributed by atoms with van der Waals surface area (Å²) in [4.78, 5) is 0. The second-order valence-corrected chi connectivity index (χ2v) is 4.50. The normalized spacial score (nSPS) is 11.1. The third-order valence-corrected chi connectivity index (χ3v) is 2.98. The Kier molecular flexibility index (Phi) is 4.43. The average Bonchev–Trinajstić information content (AvgIpc) is 2.98. The Labute approximate surface area is 112 Å². The molecule has 0 amide bonds. The number of aromatic nitrogens is 7. The number of unbranched alkanes of at least 4 members (excludes halogenated alkanes) is 1. The molecule has 2 aromatic heterocycles. The minimum atomic E-state index is 0.495. The standard InChI is InChI=1S/C11H20N8/c1-3-5-7-18-10(13-15-17-18)8-19-9(6-4-2)11(12)14-16-19/h3-8,12H2,1-2H3. The summed E-state index contributed by atoms with van der Waals surface area (Å²) in [6.45, 7) is 5.58. The number of tetrazole rings is 1. The zero-order valence-electron chi connectivity index (χ0n) is 11.5. The van der Waals surface area contributed by atoms with Crippen molar-refractivity contribution in [2.75, 3.05) is 5.73 Å². The summed E-state index contributed by atoms with van der Waals surface area (Å²) in [6.07, 6.45) is 4.02. The van der Waals surface area contributed by atoms with Gasteiger partial charge in [-0.25, -0.2) is 9.36 Å². The molecule has 8 heteroatoms. The van der Waals surface area contributed by atoms with Gasteiger partial charge in [0.05, 0.1) is 5.69 Å². The van der Waals surface area contributed by atoms with E-state index < -0.39 is 0 Å². The summed E-state index contributed by atoms with van der Waals surface area (Å²) in [6, 6.07) is 0. The second kappa shape index (κ2) is 6.26. The van der Waals surface area contributed by atoms with Crippen molar-refractivity contribution in [3.63, 3.8) is 0 Å². The lowest BCUT2D eigenvalue weighted by Crippen LogP contribution is -2.13. The fraction of sp³-hybridized carbons (Fsp3) is 0.727. The summed E-state index contributed by atoms with van der Waals surface area (Å²) in [5.41, 5.74) is 6.77. The van der Waals surface area contributed by atoms with Gasteiger partial charge in [-0.2, -0.15) is 0 Å². The number of hydrogen-bond donors (Lipinski definition) is 1. The molecule has 2 aromatic rings. The van der Waals surface area contributed by atoms with Gasteiger partial charge in [-0.15, -0.1) is 10.2 Å². The average molecular weight is 264 g/mol. The molecule has 2 N–H and O–H groups in total. The minimum absolute atomic E-state index is 0.495. The molecule has 0 radical (unpaired) electrons. The maximum Gasteiger partial charge on any atom is 0.172 e. The fourth-order valence-corrected chi connectivity index (χ4v) is 1.92. The number of nitrogens with two attached hydrogens (primary N) is 1. The van der Waals surface area contributed by atoms with Crippen molar-refractivity contribution < 1.29 is 0 Å². The molecule has 0 spiro atoms. The smallest absolute Gasteiger partial charge is 0.172 e. The largest absolute Gasteiger partial charge is 0.381 e. The number of aryl methyl sites for hydroxylation is 1. The first-order valence-electron chi connectivity index (χ1n) is 6.69. The lowest BCUT2D eigenvalue weighted by atomic mass is 10.2. The number of hydrogen-bond acceptors (Lipinski definition) is 6. The second-order valence-electron chi connectivity index (χ2n) is 4.50. The van der Waals surface area contributed by atoms with Crippen LogP contribution in [0.25, 0.3) is 0 Å². The van der Waals surface area contributed by atoms with E-state index in [-0.39, 0.29) is 0 Å². The quantitative estimate of drug-likeness (QED) is 0.788. The van der Waals surface area contributed by atoms with Gasteiger partial charge in [0.1, 0.15) is 6.54 Å². The molecular formula is C11H20N8. The topological polar surface area (TPSA) is 100 Å². The van der Waals surface area contributed by atoms with Crippen molar-refractivity contribution in [3.05, 3.63) is 11.5 Å². The highest BCUT2D eigenvalue weighted by molar-refractivity contribution is 5.33. The fourth-order valence-electron chi connectivity index (χ4n) is 1.92. The van der Waals surface area contributed by atoms with E-state index in [1.54, 1.807) is 4.68 Å². The molecule has 19 heavy (non-hydrogen) atoms. The highest BCUT2D eigenvalue weighted by atomic mass is 15.6. The van der Waals surface area contributed by atoms with Crippen LogP contribution in [0.15, 0.2) is 0 Å². The molecule has 104 valence electrons. The molecule has 0 aliphatic rings. The van der Waals surface area contributed by atoms with E-state index in [0.29, 0.717) is 12.4 Å². The summed E-state index contributed by atoms with van der Waals surface area (Å²) in [7, 11) is 0. The molecule has 0 saturated carbocycles. The first kappa shape index (κ1) is 13.4. The van der Waals surface area contributed by atoms with Crippen molar-refractivity contribution in [1.82, 2.24) is 35.2 Å². The van der Waals surface area contributed by atoms with Gasteiger partial charge in [-0.1, -0.05) is 31.9 Å². The van der Waals surface area contributed by atoms with Gasteiger partial charge in [0.15, 0.2) is 11.6 Å². The molecule has 0 aromatic carbocycles. The van der Waals surface area contributed by atoms with Crippen molar-refractivity contribution in [2.45, 2.75) is 52.6 Å². The van der Waals surface area contributed by atoms with Crippen LogP contribution in [0.4, 0.5) is 5.82 Å². The van der Waals surface area contributed by atoms with Crippen LogP contribution in [-0.2, 0) is 19.5 Å². The minimum Gasteiger partial charge on any atom is -0.381 e. The van der Waals surface area contributed by atoms with E-state index in [0.717, 1.165) is 43.7 Å². The molecule has 0 unspecified atom stereocenters. The Bertz CT molecular complexity index is 514. The van der Waals surface area contributed by atoms with E-state index in [9.17, 15) is 0 Å². The number of rotatable bonds is 7. The monoisotopic (exact) mass is 264 g/mol. The molecule has 2 heterocycles. The SMILES string of the molecule is CCCCn1nnnc1Cn1nnc(N)c1CCC. The summed E-state index contributed by atoms with van der Waals surface area (Å²) >= 11 is 0. The molecule has 0 fully saturated rings. The van der Waals surface area contributed by atoms with E-state index in [1.807, 2.05) is 4.68 Å². The van der Waals surface area contributed by atoms with Crippen molar-refractivity contribution in [3.8, 4) is 0 Å². The van der Waals surface area contributed by atoms with Gasteiger partial charge in [0.25, 0.3) is 0 Å². The van der Waals surface area contributed by atoms with Crippen LogP contribution in [-0.4, -0.2) is 35.2 Å². The van der Waals surface area contributed by atoms with Crippen LogP contribution in [0.1, 0.15) is 44.6 Å². The molecule has 0 aliphatic carbocycles. The van der Waals surface area contributed by atoms with E-state index >= 15 is 0 Å². The van der Waals surface area contributed by atoms with Crippen LogP contribution in [0.5, 0.6) is 0 Å². The van der Waals surface area contributed by atoms with Crippen LogP contribution in [0, 0.1) is 0 Å². The Morgan fingerprint density at radius 3 is 2.63 bits per heavy atom. The molecule has 8 nitrogen and oxygen atoms in total. The first-order valence-corrected chi connectivity index (χ1v) is 6.69. The van der Waals surface area contributed by atoms with Gasteiger partial charge in [-0.05, 0) is 23.3 Å². The third kappa shape index (κ3) is 3.07. The Morgan fingerprint density at radius 1 is 1.05 bits per heavy atom. The van der Waals surface area contributed by atoms with Crippen molar-refractivity contribution >= 4 is 5.82 Å². The Balaban J connectivity index is 2.14. The molecule has 2 rings (SSSR count). The van der Waals surface area contributed by atoms with Crippen LogP contribution in [0.2, 0.25) is 0 Å². The Hall–Kier alpha value is -1.99. The third-order valence-electron chi connectivity index (χ3n) is 2.98. The zero-order valence-corrected chi connectivity index (χ0v) is 11.5.